The number of rotatable bonds is 13. The Hall–Kier alpha value is -0.120. The first kappa shape index (κ1) is 21.9. The van der Waals surface area contributed by atoms with E-state index in [2.05, 4.69) is 15.6 Å². The number of hydrogen-bond acceptors (Lipinski definition) is 4. The Morgan fingerprint density at radius 3 is 2.42 bits per heavy atom. The molecule has 0 spiro atoms. The fourth-order valence-corrected chi connectivity index (χ4v) is 2.16. The molecule has 2 aliphatic carbocycles. The summed E-state index contributed by atoms with van der Waals surface area (Å²) in [5.41, 5.74) is 0. The smallest absolute Gasteiger partial charge is 0.191 e. The lowest BCUT2D eigenvalue weighted by atomic mass is 10.4. The summed E-state index contributed by atoms with van der Waals surface area (Å²) < 4.78 is 11.1. The van der Waals surface area contributed by atoms with E-state index in [1.54, 1.807) is 0 Å². The molecule has 0 radical (unpaired) electrons. The van der Waals surface area contributed by atoms with Gasteiger partial charge in [-0.2, -0.15) is 0 Å². The zero-order valence-corrected chi connectivity index (χ0v) is 17.2. The van der Waals surface area contributed by atoms with Gasteiger partial charge in [-0.1, -0.05) is 0 Å². The zero-order chi connectivity index (χ0) is 16.3. The van der Waals surface area contributed by atoms with Gasteiger partial charge in [0.15, 0.2) is 5.96 Å². The fraction of sp³-hybridized carbons (Fsp3) is 0.941. The van der Waals surface area contributed by atoms with Crippen molar-refractivity contribution < 1.29 is 14.6 Å². The summed E-state index contributed by atoms with van der Waals surface area (Å²) in [7, 11) is 0. The monoisotopic (exact) mass is 455 g/mol. The lowest BCUT2D eigenvalue weighted by Gasteiger charge is -2.13. The van der Waals surface area contributed by atoms with Gasteiger partial charge in [0.2, 0.25) is 0 Å². The van der Waals surface area contributed by atoms with E-state index in [1.165, 1.54) is 25.7 Å². The van der Waals surface area contributed by atoms with Crippen molar-refractivity contribution in [1.29, 1.82) is 0 Å². The molecule has 3 N–H and O–H groups in total. The fourth-order valence-electron chi connectivity index (χ4n) is 2.16. The van der Waals surface area contributed by atoms with Crippen molar-refractivity contribution >= 4 is 29.9 Å². The number of aliphatic hydroxyl groups is 1. The van der Waals surface area contributed by atoms with Crippen LogP contribution in [-0.4, -0.2) is 63.2 Å². The van der Waals surface area contributed by atoms with E-state index < -0.39 is 6.10 Å². The van der Waals surface area contributed by atoms with Gasteiger partial charge in [0.25, 0.3) is 0 Å². The number of nitrogens with one attached hydrogen (secondary N) is 2. The van der Waals surface area contributed by atoms with Gasteiger partial charge in [-0.05, 0) is 50.9 Å². The highest BCUT2D eigenvalue weighted by Crippen LogP contribution is 2.29. The molecule has 142 valence electrons. The van der Waals surface area contributed by atoms with Crippen LogP contribution in [0.25, 0.3) is 0 Å². The quantitative estimate of drug-likeness (QED) is 0.171. The standard InChI is InChI=1S/C17H33N3O3.HI/c1-2-18-17(19-8-3-9-22-11-14-4-5-14)20-10-16(21)13-23-12-15-6-7-15;/h14-16,21H,2-13H2,1H3,(H2,18,19,20);1H. The molecule has 0 aromatic carbocycles. The Morgan fingerprint density at radius 2 is 1.79 bits per heavy atom. The summed E-state index contributed by atoms with van der Waals surface area (Å²) in [6.45, 7) is 6.88. The summed E-state index contributed by atoms with van der Waals surface area (Å²) in [4.78, 5) is 4.41. The van der Waals surface area contributed by atoms with Crippen LogP contribution in [0.1, 0.15) is 39.0 Å². The molecular weight excluding hydrogens is 421 g/mol. The predicted octanol–water partition coefficient (Wildman–Crippen LogP) is 1.76. The second-order valence-corrected chi connectivity index (χ2v) is 6.65. The van der Waals surface area contributed by atoms with Crippen LogP contribution in [0.15, 0.2) is 4.99 Å². The van der Waals surface area contributed by atoms with Gasteiger partial charge in [0.05, 0.1) is 19.3 Å². The molecule has 0 saturated heterocycles. The van der Waals surface area contributed by atoms with Crippen LogP contribution in [0.2, 0.25) is 0 Å². The van der Waals surface area contributed by atoms with Gasteiger partial charge in [0, 0.05) is 32.9 Å². The highest BCUT2D eigenvalue weighted by Gasteiger charge is 2.21. The van der Waals surface area contributed by atoms with Crippen molar-refractivity contribution in [3.05, 3.63) is 0 Å². The van der Waals surface area contributed by atoms with Crippen molar-refractivity contribution in [2.45, 2.75) is 45.1 Å². The molecule has 0 aliphatic heterocycles. The van der Waals surface area contributed by atoms with E-state index in [1.807, 2.05) is 6.92 Å². The average Bonchev–Trinajstić information content (AvgIpc) is 3.42. The maximum atomic E-state index is 9.89. The Morgan fingerprint density at radius 1 is 1.12 bits per heavy atom. The number of aliphatic hydroxyl groups excluding tert-OH is 1. The summed E-state index contributed by atoms with van der Waals surface area (Å²) in [6.07, 6.45) is 5.64. The van der Waals surface area contributed by atoms with Gasteiger partial charge < -0.3 is 25.2 Å². The SMILES string of the molecule is CCNC(=NCC(O)COCC1CC1)NCCCOCC1CC1.I. The molecule has 0 heterocycles. The van der Waals surface area contributed by atoms with E-state index in [0.717, 1.165) is 57.1 Å². The molecule has 2 saturated carbocycles. The van der Waals surface area contributed by atoms with Gasteiger partial charge >= 0.3 is 0 Å². The molecule has 6 nitrogen and oxygen atoms in total. The summed E-state index contributed by atoms with van der Waals surface area (Å²) in [6, 6.07) is 0. The molecule has 0 amide bonds. The third kappa shape index (κ3) is 11.4. The Bertz CT molecular complexity index is 350. The summed E-state index contributed by atoms with van der Waals surface area (Å²) >= 11 is 0. The second kappa shape index (κ2) is 13.1. The highest BCUT2D eigenvalue weighted by atomic mass is 127. The number of ether oxygens (including phenoxy) is 2. The van der Waals surface area contributed by atoms with E-state index in [-0.39, 0.29) is 24.0 Å². The molecule has 1 unspecified atom stereocenters. The highest BCUT2D eigenvalue weighted by molar-refractivity contribution is 14.0. The van der Waals surface area contributed by atoms with Crippen molar-refractivity contribution in [3.8, 4) is 0 Å². The third-order valence-corrected chi connectivity index (χ3v) is 3.97. The third-order valence-electron chi connectivity index (χ3n) is 3.97. The Kier molecular flexibility index (Phi) is 12.0. The van der Waals surface area contributed by atoms with E-state index in [9.17, 15) is 5.11 Å². The normalized spacial score (nSPS) is 18.8. The number of nitrogens with zero attached hydrogens (tertiary/aromatic N) is 1. The van der Waals surface area contributed by atoms with Crippen LogP contribution < -0.4 is 10.6 Å². The van der Waals surface area contributed by atoms with E-state index in [4.69, 9.17) is 9.47 Å². The first-order valence-corrected chi connectivity index (χ1v) is 9.13. The Balaban J connectivity index is 0.00000288. The van der Waals surface area contributed by atoms with Crippen LogP contribution in [0.3, 0.4) is 0 Å². The number of aliphatic imine (C=N–C) groups is 1. The molecule has 24 heavy (non-hydrogen) atoms. The number of guanidine groups is 1. The largest absolute Gasteiger partial charge is 0.389 e. The lowest BCUT2D eigenvalue weighted by Crippen LogP contribution is -2.39. The number of hydrogen-bond donors (Lipinski definition) is 3. The van der Waals surface area contributed by atoms with Gasteiger partial charge in [0.1, 0.15) is 0 Å². The van der Waals surface area contributed by atoms with E-state index >= 15 is 0 Å². The maximum Gasteiger partial charge on any atom is 0.191 e. The molecule has 2 rings (SSSR count). The summed E-state index contributed by atoms with van der Waals surface area (Å²) in [5, 5.41) is 16.4. The van der Waals surface area contributed by atoms with Crippen LogP contribution in [0.5, 0.6) is 0 Å². The molecule has 2 aliphatic rings. The number of halogens is 1. The second-order valence-electron chi connectivity index (χ2n) is 6.65. The van der Waals surface area contributed by atoms with E-state index in [0.29, 0.717) is 13.2 Å². The minimum Gasteiger partial charge on any atom is -0.389 e. The minimum atomic E-state index is -0.536. The molecule has 1 atom stereocenters. The first-order chi connectivity index (χ1) is 11.3. The van der Waals surface area contributed by atoms with Crippen molar-refractivity contribution in [2.75, 3.05) is 46.1 Å². The molecule has 0 aromatic heterocycles. The average molecular weight is 455 g/mol. The predicted molar refractivity (Wildman–Crippen MR) is 107 cm³/mol. The van der Waals surface area contributed by atoms with Crippen LogP contribution in [0.4, 0.5) is 0 Å². The van der Waals surface area contributed by atoms with Gasteiger partial charge in [-0.3, -0.25) is 4.99 Å². The molecule has 2 fully saturated rings. The minimum absolute atomic E-state index is 0. The van der Waals surface area contributed by atoms with Gasteiger partial charge in [-0.25, -0.2) is 0 Å². The molecule has 7 heteroatoms. The topological polar surface area (TPSA) is 75.1 Å². The summed E-state index contributed by atoms with van der Waals surface area (Å²) in [5.74, 6) is 2.30. The Labute approximate surface area is 163 Å². The maximum absolute atomic E-state index is 9.89. The van der Waals surface area contributed by atoms with Crippen molar-refractivity contribution in [1.82, 2.24) is 10.6 Å². The van der Waals surface area contributed by atoms with Gasteiger partial charge in [-0.15, -0.1) is 24.0 Å². The molecular formula is C17H34IN3O3. The van der Waals surface area contributed by atoms with Crippen molar-refractivity contribution in [2.24, 2.45) is 16.8 Å². The first-order valence-electron chi connectivity index (χ1n) is 9.13. The lowest BCUT2D eigenvalue weighted by molar-refractivity contribution is 0.0368. The molecule has 0 bridgehead atoms. The molecule has 0 aromatic rings. The van der Waals surface area contributed by atoms with Crippen LogP contribution in [-0.2, 0) is 9.47 Å². The van der Waals surface area contributed by atoms with Crippen LogP contribution in [0, 0.1) is 11.8 Å². The zero-order valence-electron chi connectivity index (χ0n) is 14.8. The van der Waals surface area contributed by atoms with Crippen LogP contribution >= 0.6 is 24.0 Å². The van der Waals surface area contributed by atoms with Crippen molar-refractivity contribution in [3.63, 3.8) is 0 Å².